The number of thiazole rings is 1. The van der Waals surface area contributed by atoms with Crippen molar-refractivity contribution in [2.75, 3.05) is 19.8 Å². The van der Waals surface area contributed by atoms with E-state index in [9.17, 15) is 10.0 Å². The molecule has 7 nitrogen and oxygen atoms in total. The largest absolute Gasteiger partial charge is 0.622 e. The standard InChI is InChI=1S/C18H19BrN4O3S/c1-2-3-4-5-10-22-12-16(26-17(24)14-6-8-20-9-7-14)23(25,13-22)18-21-11-15(19)27-18/h1,6-9,11,16H,3-5,10,12-13H2. The molecule has 0 spiro atoms. The van der Waals surface area contributed by atoms with Crippen LogP contribution in [0.15, 0.2) is 34.5 Å². The lowest BCUT2D eigenvalue weighted by molar-refractivity contribution is 0.00560. The van der Waals surface area contributed by atoms with Crippen LogP contribution in [0.2, 0.25) is 0 Å². The van der Waals surface area contributed by atoms with Crippen LogP contribution in [0.1, 0.15) is 29.6 Å². The van der Waals surface area contributed by atoms with Crippen molar-refractivity contribution in [1.29, 1.82) is 0 Å². The molecule has 0 N–H and O–H groups in total. The molecule has 0 aliphatic carbocycles. The van der Waals surface area contributed by atoms with E-state index in [0.29, 0.717) is 23.7 Å². The predicted molar refractivity (Wildman–Crippen MR) is 108 cm³/mol. The predicted octanol–water partition coefficient (Wildman–Crippen LogP) is 3.37. The van der Waals surface area contributed by atoms with Gasteiger partial charge in [0.1, 0.15) is 6.67 Å². The maximum absolute atomic E-state index is 13.6. The smallest absolute Gasteiger partial charge is 0.342 e. The summed E-state index contributed by atoms with van der Waals surface area (Å²) in [5.41, 5.74) is 0.365. The van der Waals surface area contributed by atoms with Crippen molar-refractivity contribution in [1.82, 2.24) is 19.5 Å². The molecule has 0 aromatic carbocycles. The quantitative estimate of drug-likeness (QED) is 0.211. The minimum Gasteiger partial charge on any atom is -0.622 e. The lowest BCUT2D eigenvalue weighted by Crippen LogP contribution is -2.50. The Morgan fingerprint density at radius 3 is 2.93 bits per heavy atom. The summed E-state index contributed by atoms with van der Waals surface area (Å²) in [4.78, 5) is 22.6. The molecule has 2 atom stereocenters. The normalized spacial score (nSPS) is 22.5. The van der Waals surface area contributed by atoms with Gasteiger partial charge in [0.15, 0.2) is 0 Å². The summed E-state index contributed by atoms with van der Waals surface area (Å²) in [5, 5.41) is 14.0. The molecule has 2 aromatic rings. The molecule has 0 bridgehead atoms. The number of carbonyl (C=O) groups excluding carboxylic acids is 1. The van der Waals surface area contributed by atoms with Gasteiger partial charge in [-0.2, -0.15) is 4.98 Å². The fourth-order valence-corrected chi connectivity index (χ4v) is 4.18. The molecule has 0 amide bonds. The van der Waals surface area contributed by atoms with Gasteiger partial charge >= 0.3 is 5.97 Å². The number of terminal acetylenes is 1. The maximum atomic E-state index is 13.6. The van der Waals surface area contributed by atoms with Gasteiger partial charge in [-0.25, -0.2) is 9.69 Å². The van der Waals surface area contributed by atoms with Crippen molar-refractivity contribution in [3.05, 3.63) is 45.3 Å². The topological polar surface area (TPSA) is 78.4 Å². The van der Waals surface area contributed by atoms with E-state index in [1.807, 2.05) is 4.90 Å². The number of quaternary nitrogens is 1. The van der Waals surface area contributed by atoms with Crippen molar-refractivity contribution >= 4 is 38.4 Å². The summed E-state index contributed by atoms with van der Waals surface area (Å²) in [6.45, 7) is 1.26. The molecule has 2 aromatic heterocycles. The van der Waals surface area contributed by atoms with Crippen LogP contribution in [0.25, 0.3) is 0 Å². The number of rotatable bonds is 7. The zero-order valence-electron chi connectivity index (χ0n) is 14.6. The number of hydroxylamine groups is 2. The number of hydrogen-bond donors (Lipinski definition) is 0. The molecular formula is C18H19BrN4O3S. The van der Waals surface area contributed by atoms with E-state index < -0.39 is 16.8 Å². The van der Waals surface area contributed by atoms with Crippen LogP contribution < -0.4 is 4.65 Å². The zero-order valence-corrected chi connectivity index (χ0v) is 17.0. The summed E-state index contributed by atoms with van der Waals surface area (Å²) in [6, 6.07) is 3.13. The van der Waals surface area contributed by atoms with Crippen LogP contribution in [-0.4, -0.2) is 46.8 Å². The highest BCUT2D eigenvalue weighted by Crippen LogP contribution is 2.37. The van der Waals surface area contributed by atoms with Crippen molar-refractivity contribution < 1.29 is 9.53 Å². The monoisotopic (exact) mass is 450 g/mol. The highest BCUT2D eigenvalue weighted by atomic mass is 79.9. The first-order valence-corrected chi connectivity index (χ1v) is 10.1. The van der Waals surface area contributed by atoms with Crippen LogP contribution in [0.5, 0.6) is 0 Å². The second kappa shape index (κ2) is 8.91. The zero-order chi connectivity index (χ0) is 19.3. The SMILES string of the molecule is C#CCCCCN1CC(OC(=O)c2ccncc2)[N+]([O-])(c2ncc(Br)s2)C1. The minimum atomic E-state index is -0.878. The van der Waals surface area contributed by atoms with Crippen LogP contribution in [-0.2, 0) is 4.74 Å². The Morgan fingerprint density at radius 2 is 2.26 bits per heavy atom. The van der Waals surface area contributed by atoms with Gasteiger partial charge < -0.3 is 9.94 Å². The van der Waals surface area contributed by atoms with E-state index in [1.165, 1.54) is 23.7 Å². The lowest BCUT2D eigenvalue weighted by Gasteiger charge is -2.38. The summed E-state index contributed by atoms with van der Waals surface area (Å²) < 4.78 is 5.56. The number of pyridine rings is 1. The maximum Gasteiger partial charge on any atom is 0.342 e. The molecule has 9 heteroatoms. The minimum absolute atomic E-state index is 0.185. The first kappa shape index (κ1) is 19.9. The number of hydrogen-bond acceptors (Lipinski definition) is 7. The van der Waals surface area contributed by atoms with E-state index in [0.717, 1.165) is 23.2 Å². The Hall–Kier alpha value is -1.83. The van der Waals surface area contributed by atoms with Crippen molar-refractivity contribution in [2.24, 2.45) is 0 Å². The molecule has 2 unspecified atom stereocenters. The first-order chi connectivity index (χ1) is 13.0. The molecule has 0 saturated carbocycles. The first-order valence-electron chi connectivity index (χ1n) is 8.50. The number of nitrogens with zero attached hydrogens (tertiary/aromatic N) is 4. The van der Waals surface area contributed by atoms with Crippen LogP contribution in [0.3, 0.4) is 0 Å². The molecule has 1 aliphatic heterocycles. The molecule has 1 saturated heterocycles. The van der Waals surface area contributed by atoms with Gasteiger partial charge in [0.25, 0.3) is 11.4 Å². The van der Waals surface area contributed by atoms with Gasteiger partial charge in [0.05, 0.1) is 22.1 Å². The molecule has 1 fully saturated rings. The Balaban J connectivity index is 1.75. The second-order valence-electron chi connectivity index (χ2n) is 6.22. The number of esters is 1. The van der Waals surface area contributed by atoms with Crippen molar-refractivity contribution in [3.63, 3.8) is 0 Å². The summed E-state index contributed by atoms with van der Waals surface area (Å²) in [5.74, 6) is 2.08. The van der Waals surface area contributed by atoms with Crippen LogP contribution in [0, 0.1) is 17.6 Å². The summed E-state index contributed by atoms with van der Waals surface area (Å²) >= 11 is 4.60. The fraction of sp³-hybridized carbons (Fsp3) is 0.389. The van der Waals surface area contributed by atoms with E-state index >= 15 is 0 Å². The van der Waals surface area contributed by atoms with Gasteiger partial charge in [-0.15, -0.1) is 12.3 Å². The molecule has 3 heterocycles. The second-order valence-corrected chi connectivity index (χ2v) is 8.61. The highest BCUT2D eigenvalue weighted by molar-refractivity contribution is 9.11. The van der Waals surface area contributed by atoms with E-state index in [1.54, 1.807) is 18.3 Å². The van der Waals surface area contributed by atoms with Crippen molar-refractivity contribution in [3.8, 4) is 12.3 Å². The number of aromatic nitrogens is 2. The Labute approximate surface area is 170 Å². The van der Waals surface area contributed by atoms with Gasteiger partial charge in [-0.1, -0.05) is 0 Å². The molecule has 142 valence electrons. The van der Waals surface area contributed by atoms with Gasteiger partial charge in [-0.3, -0.25) is 9.63 Å². The number of ether oxygens (including phenoxy) is 1. The molecule has 0 radical (unpaired) electrons. The molecule has 1 aliphatic rings. The average Bonchev–Trinajstić information content (AvgIpc) is 3.24. The molecule has 3 rings (SSSR count). The molecular weight excluding hydrogens is 432 g/mol. The highest BCUT2D eigenvalue weighted by Gasteiger charge is 2.46. The average molecular weight is 451 g/mol. The van der Waals surface area contributed by atoms with Gasteiger partial charge in [-0.05, 0) is 52.2 Å². The Morgan fingerprint density at radius 1 is 1.48 bits per heavy atom. The fourth-order valence-electron chi connectivity index (χ4n) is 2.93. The van der Waals surface area contributed by atoms with Crippen molar-refractivity contribution in [2.45, 2.75) is 25.5 Å². The Kier molecular flexibility index (Phi) is 6.57. The van der Waals surface area contributed by atoms with E-state index in [2.05, 4.69) is 31.8 Å². The third-order valence-corrected chi connectivity index (χ3v) is 5.87. The van der Waals surface area contributed by atoms with E-state index in [4.69, 9.17) is 11.2 Å². The summed E-state index contributed by atoms with van der Waals surface area (Å²) in [7, 11) is 0. The number of carbonyl (C=O) groups is 1. The van der Waals surface area contributed by atoms with Gasteiger partial charge in [0, 0.05) is 25.4 Å². The molecule has 27 heavy (non-hydrogen) atoms. The Bertz CT molecular complexity index is 826. The third kappa shape index (κ3) is 4.72. The summed E-state index contributed by atoms with van der Waals surface area (Å²) in [6.07, 6.45) is 11.5. The van der Waals surface area contributed by atoms with Crippen LogP contribution >= 0.6 is 27.3 Å². The van der Waals surface area contributed by atoms with E-state index in [-0.39, 0.29) is 6.67 Å². The van der Waals surface area contributed by atoms with Crippen LogP contribution in [0.4, 0.5) is 5.13 Å². The van der Waals surface area contributed by atoms with Gasteiger partial charge in [0.2, 0.25) is 0 Å². The third-order valence-electron chi connectivity index (χ3n) is 4.28. The lowest BCUT2D eigenvalue weighted by atomic mass is 10.2. The number of unbranched alkanes of at least 4 members (excludes halogenated alkanes) is 2. The number of halogens is 1.